The van der Waals surface area contributed by atoms with Gasteiger partial charge in [0.05, 0.1) is 0 Å². The van der Waals surface area contributed by atoms with Gasteiger partial charge in [0.1, 0.15) is 6.04 Å². The van der Waals surface area contributed by atoms with Crippen LogP contribution in [-0.4, -0.2) is 35.8 Å². The van der Waals surface area contributed by atoms with E-state index in [1.165, 1.54) is 0 Å². The second-order valence-corrected chi connectivity index (χ2v) is 6.33. The van der Waals surface area contributed by atoms with Crippen LogP contribution in [0.4, 0.5) is 0 Å². The molecule has 6 heteroatoms. The van der Waals surface area contributed by atoms with Gasteiger partial charge in [-0.15, -0.1) is 12.4 Å². The molecule has 1 fully saturated rings. The number of carbonyl (C=O) groups is 2. The molecule has 0 aromatic heterocycles. The Kier molecular flexibility index (Phi) is 8.22. The van der Waals surface area contributed by atoms with E-state index >= 15 is 0 Å². The summed E-state index contributed by atoms with van der Waals surface area (Å²) in [5.41, 5.74) is 8.11. The van der Waals surface area contributed by atoms with Crippen LogP contribution >= 0.6 is 12.4 Å². The van der Waals surface area contributed by atoms with Gasteiger partial charge in [0.25, 0.3) is 0 Å². The molecule has 1 heterocycles. The Morgan fingerprint density at radius 2 is 2.00 bits per heavy atom. The average molecular weight is 354 g/mol. The SMILES string of the molecule is CCCC(=O)NC1CCCN(C(=O)C(N)c2ccc(C)cc2)C1.Cl. The quantitative estimate of drug-likeness (QED) is 0.853. The van der Waals surface area contributed by atoms with E-state index in [9.17, 15) is 9.59 Å². The Balaban J connectivity index is 0.00000288. The van der Waals surface area contributed by atoms with E-state index in [-0.39, 0.29) is 30.3 Å². The lowest BCUT2D eigenvalue weighted by molar-refractivity contribution is -0.135. The number of benzene rings is 1. The molecule has 0 bridgehead atoms. The van der Waals surface area contributed by atoms with Gasteiger partial charge in [-0.2, -0.15) is 0 Å². The molecule has 2 atom stereocenters. The van der Waals surface area contributed by atoms with Crippen molar-refractivity contribution in [1.82, 2.24) is 10.2 Å². The van der Waals surface area contributed by atoms with Gasteiger partial charge in [-0.3, -0.25) is 9.59 Å². The van der Waals surface area contributed by atoms with Gasteiger partial charge < -0.3 is 16.0 Å². The predicted molar refractivity (Wildman–Crippen MR) is 98.0 cm³/mol. The molecule has 0 aliphatic carbocycles. The molecule has 1 aliphatic heterocycles. The number of rotatable bonds is 5. The van der Waals surface area contributed by atoms with E-state index in [0.29, 0.717) is 19.5 Å². The van der Waals surface area contributed by atoms with Crippen LogP contribution in [0.25, 0.3) is 0 Å². The van der Waals surface area contributed by atoms with Gasteiger partial charge in [0.15, 0.2) is 0 Å². The number of carbonyl (C=O) groups excluding carboxylic acids is 2. The van der Waals surface area contributed by atoms with Crippen LogP contribution in [0.5, 0.6) is 0 Å². The Bertz CT molecular complexity index is 548. The van der Waals surface area contributed by atoms with Crippen molar-refractivity contribution >= 4 is 24.2 Å². The smallest absolute Gasteiger partial charge is 0.244 e. The number of nitrogens with zero attached hydrogens (tertiary/aromatic N) is 1. The number of halogens is 1. The van der Waals surface area contributed by atoms with E-state index in [2.05, 4.69) is 5.32 Å². The zero-order chi connectivity index (χ0) is 16.8. The molecular weight excluding hydrogens is 326 g/mol. The summed E-state index contributed by atoms with van der Waals surface area (Å²) in [6, 6.07) is 7.14. The maximum atomic E-state index is 12.6. The molecule has 5 nitrogen and oxygen atoms in total. The summed E-state index contributed by atoms with van der Waals surface area (Å²) in [4.78, 5) is 26.1. The molecule has 2 unspecified atom stereocenters. The van der Waals surface area contributed by atoms with Crippen molar-refractivity contribution in [3.8, 4) is 0 Å². The van der Waals surface area contributed by atoms with Crippen molar-refractivity contribution in [1.29, 1.82) is 0 Å². The van der Waals surface area contributed by atoms with Gasteiger partial charge in [0.2, 0.25) is 11.8 Å². The summed E-state index contributed by atoms with van der Waals surface area (Å²) in [6.07, 6.45) is 3.18. The molecule has 1 saturated heterocycles. The Morgan fingerprint density at radius 1 is 1.33 bits per heavy atom. The Morgan fingerprint density at radius 3 is 2.62 bits per heavy atom. The van der Waals surface area contributed by atoms with Gasteiger partial charge >= 0.3 is 0 Å². The number of likely N-dealkylation sites (tertiary alicyclic amines) is 1. The maximum absolute atomic E-state index is 12.6. The molecule has 0 saturated carbocycles. The highest BCUT2D eigenvalue weighted by Crippen LogP contribution is 2.18. The molecule has 2 rings (SSSR count). The minimum Gasteiger partial charge on any atom is -0.352 e. The first-order valence-electron chi connectivity index (χ1n) is 8.41. The number of nitrogens with one attached hydrogen (secondary N) is 1. The third kappa shape index (κ3) is 5.49. The van der Waals surface area contributed by atoms with Crippen molar-refractivity contribution in [2.75, 3.05) is 13.1 Å². The van der Waals surface area contributed by atoms with Crippen LogP contribution in [0.15, 0.2) is 24.3 Å². The lowest BCUT2D eigenvalue weighted by Crippen LogP contribution is -2.51. The molecule has 3 N–H and O–H groups in total. The molecule has 1 aromatic rings. The number of hydrogen-bond donors (Lipinski definition) is 2. The lowest BCUT2D eigenvalue weighted by Gasteiger charge is -2.34. The van der Waals surface area contributed by atoms with Crippen molar-refractivity contribution in [3.63, 3.8) is 0 Å². The largest absolute Gasteiger partial charge is 0.352 e. The Labute approximate surface area is 150 Å². The molecular formula is C18H28ClN3O2. The fourth-order valence-corrected chi connectivity index (χ4v) is 2.94. The fourth-order valence-electron chi connectivity index (χ4n) is 2.94. The highest BCUT2D eigenvalue weighted by atomic mass is 35.5. The van der Waals surface area contributed by atoms with Gasteiger partial charge in [-0.05, 0) is 31.7 Å². The fraction of sp³-hybridized carbons (Fsp3) is 0.556. The molecule has 2 amide bonds. The number of aryl methyl sites for hydroxylation is 1. The minimum absolute atomic E-state index is 0. The number of piperidine rings is 1. The predicted octanol–water partition coefficient (Wildman–Crippen LogP) is 2.32. The van der Waals surface area contributed by atoms with Crippen molar-refractivity contribution in [2.24, 2.45) is 5.73 Å². The standard InChI is InChI=1S/C18H27N3O2.ClH/c1-3-5-16(22)20-15-6-4-11-21(12-15)18(23)17(19)14-9-7-13(2)8-10-14;/h7-10,15,17H,3-6,11-12,19H2,1-2H3,(H,20,22);1H. The van der Waals surface area contributed by atoms with Crippen LogP contribution in [0, 0.1) is 6.92 Å². The first-order chi connectivity index (χ1) is 11.0. The van der Waals surface area contributed by atoms with E-state index in [0.717, 1.165) is 30.4 Å². The van der Waals surface area contributed by atoms with Crippen LogP contribution in [0.1, 0.15) is 49.8 Å². The molecule has 134 valence electrons. The highest BCUT2D eigenvalue weighted by Gasteiger charge is 2.28. The molecule has 1 aromatic carbocycles. The van der Waals surface area contributed by atoms with E-state index < -0.39 is 6.04 Å². The zero-order valence-electron chi connectivity index (χ0n) is 14.5. The first-order valence-corrected chi connectivity index (χ1v) is 8.41. The van der Waals surface area contributed by atoms with E-state index in [1.54, 1.807) is 4.90 Å². The summed E-state index contributed by atoms with van der Waals surface area (Å²) < 4.78 is 0. The monoisotopic (exact) mass is 353 g/mol. The lowest BCUT2D eigenvalue weighted by atomic mass is 10.0. The van der Waals surface area contributed by atoms with Crippen molar-refractivity contribution in [3.05, 3.63) is 35.4 Å². The normalized spacial score (nSPS) is 18.5. The average Bonchev–Trinajstić information content (AvgIpc) is 2.54. The van der Waals surface area contributed by atoms with Crippen LogP contribution < -0.4 is 11.1 Å². The summed E-state index contributed by atoms with van der Waals surface area (Å²) in [5, 5.41) is 3.02. The summed E-state index contributed by atoms with van der Waals surface area (Å²) in [6.45, 7) is 5.24. The first kappa shape index (κ1) is 20.5. The third-order valence-corrected chi connectivity index (χ3v) is 4.28. The topological polar surface area (TPSA) is 75.4 Å². The maximum Gasteiger partial charge on any atom is 0.244 e. The van der Waals surface area contributed by atoms with Crippen LogP contribution in [-0.2, 0) is 9.59 Å². The molecule has 1 aliphatic rings. The number of hydrogen-bond acceptors (Lipinski definition) is 3. The Hall–Kier alpha value is -1.59. The van der Waals surface area contributed by atoms with Crippen LogP contribution in [0.3, 0.4) is 0 Å². The summed E-state index contributed by atoms with van der Waals surface area (Å²) in [7, 11) is 0. The number of amides is 2. The molecule has 0 spiro atoms. The van der Waals surface area contributed by atoms with Crippen LogP contribution in [0.2, 0.25) is 0 Å². The van der Waals surface area contributed by atoms with E-state index in [1.807, 2.05) is 38.1 Å². The minimum atomic E-state index is -0.638. The summed E-state index contributed by atoms with van der Waals surface area (Å²) >= 11 is 0. The second kappa shape index (κ2) is 9.64. The van der Waals surface area contributed by atoms with Gasteiger partial charge in [0, 0.05) is 25.6 Å². The highest BCUT2D eigenvalue weighted by molar-refractivity contribution is 5.85. The number of nitrogens with two attached hydrogens (primary N) is 1. The van der Waals surface area contributed by atoms with Crippen molar-refractivity contribution < 1.29 is 9.59 Å². The van der Waals surface area contributed by atoms with Gasteiger partial charge in [-0.25, -0.2) is 0 Å². The van der Waals surface area contributed by atoms with Gasteiger partial charge in [-0.1, -0.05) is 36.8 Å². The van der Waals surface area contributed by atoms with E-state index in [4.69, 9.17) is 5.73 Å². The van der Waals surface area contributed by atoms with Crippen molar-refractivity contribution in [2.45, 2.75) is 51.6 Å². The summed E-state index contributed by atoms with van der Waals surface area (Å²) in [5.74, 6) is -0.00192. The second-order valence-electron chi connectivity index (χ2n) is 6.33. The molecule has 0 radical (unpaired) electrons. The zero-order valence-corrected chi connectivity index (χ0v) is 15.3. The molecule has 24 heavy (non-hydrogen) atoms. The third-order valence-electron chi connectivity index (χ3n) is 4.28.